The van der Waals surface area contributed by atoms with Crippen LogP contribution < -0.4 is 15.8 Å². The Bertz CT molecular complexity index is 419. The molecule has 19 heavy (non-hydrogen) atoms. The van der Waals surface area contributed by atoms with E-state index in [1.54, 1.807) is 0 Å². The molecular formula is C11H14ClF3N2O2. The molecular weight excluding hydrogens is 285 g/mol. The van der Waals surface area contributed by atoms with Gasteiger partial charge in [-0.25, -0.2) is 13.2 Å². The summed E-state index contributed by atoms with van der Waals surface area (Å²) in [5.74, 6) is -1.37. The van der Waals surface area contributed by atoms with Crippen molar-refractivity contribution < 1.29 is 22.7 Å². The molecule has 0 aliphatic carbocycles. The van der Waals surface area contributed by atoms with Gasteiger partial charge in [-0.3, -0.25) is 4.79 Å². The molecule has 0 atom stereocenters. The minimum Gasteiger partial charge on any atom is -0.491 e. The number of amides is 1. The number of alkyl halides is 2. The number of ether oxygens (including phenoxy) is 1. The van der Waals surface area contributed by atoms with Crippen LogP contribution in [0, 0.1) is 5.82 Å². The smallest absolute Gasteiger partial charge is 0.255 e. The highest BCUT2D eigenvalue weighted by atomic mass is 35.5. The van der Waals surface area contributed by atoms with E-state index in [1.807, 2.05) is 5.32 Å². The second kappa shape index (κ2) is 8.60. The molecule has 0 radical (unpaired) electrons. The molecule has 0 bridgehead atoms. The summed E-state index contributed by atoms with van der Waals surface area (Å²) in [5, 5.41) is 1.98. The number of carbonyl (C=O) groups excluding carboxylic acids is 1. The fourth-order valence-electron chi connectivity index (χ4n) is 1.24. The standard InChI is InChI=1S/C11H13F3N2O2.ClH/c12-7-1-2-9(18-4-3-15)8(5-7)11(17)16-6-10(13)14;/h1-2,5,10H,3-4,6,15H2,(H,16,17);1H. The van der Waals surface area contributed by atoms with Crippen molar-refractivity contribution in [2.24, 2.45) is 5.73 Å². The van der Waals surface area contributed by atoms with Gasteiger partial charge in [-0.2, -0.15) is 0 Å². The van der Waals surface area contributed by atoms with Crippen molar-refractivity contribution in [3.8, 4) is 5.75 Å². The number of benzene rings is 1. The van der Waals surface area contributed by atoms with E-state index >= 15 is 0 Å². The van der Waals surface area contributed by atoms with Gasteiger partial charge < -0.3 is 15.8 Å². The van der Waals surface area contributed by atoms with Gasteiger partial charge in [0.2, 0.25) is 0 Å². The zero-order valence-electron chi connectivity index (χ0n) is 9.87. The average Bonchev–Trinajstić information content (AvgIpc) is 2.34. The Labute approximate surface area is 114 Å². The Morgan fingerprint density at radius 2 is 2.11 bits per heavy atom. The first-order valence-corrected chi connectivity index (χ1v) is 5.23. The van der Waals surface area contributed by atoms with E-state index in [0.29, 0.717) is 0 Å². The molecule has 1 aromatic carbocycles. The van der Waals surface area contributed by atoms with Gasteiger partial charge >= 0.3 is 0 Å². The molecule has 0 fully saturated rings. The third-order valence-corrected chi connectivity index (χ3v) is 1.98. The summed E-state index contributed by atoms with van der Waals surface area (Å²) < 4.78 is 42.1. The summed E-state index contributed by atoms with van der Waals surface area (Å²) in [6.07, 6.45) is -2.67. The third-order valence-electron chi connectivity index (χ3n) is 1.98. The van der Waals surface area contributed by atoms with Crippen LogP contribution in [-0.4, -0.2) is 32.0 Å². The van der Waals surface area contributed by atoms with Crippen LogP contribution in [-0.2, 0) is 0 Å². The largest absolute Gasteiger partial charge is 0.491 e. The summed E-state index contributed by atoms with van der Waals surface area (Å²) in [4.78, 5) is 11.6. The summed E-state index contributed by atoms with van der Waals surface area (Å²) in [6, 6.07) is 3.28. The van der Waals surface area contributed by atoms with Crippen molar-refractivity contribution in [2.75, 3.05) is 19.7 Å². The van der Waals surface area contributed by atoms with Crippen LogP contribution in [0.25, 0.3) is 0 Å². The quantitative estimate of drug-likeness (QED) is 0.838. The molecule has 0 aliphatic rings. The predicted octanol–water partition coefficient (Wildman–Crippen LogP) is 1.58. The van der Waals surface area contributed by atoms with Crippen molar-refractivity contribution in [3.05, 3.63) is 29.6 Å². The fourth-order valence-corrected chi connectivity index (χ4v) is 1.24. The first kappa shape index (κ1) is 17.5. The molecule has 0 aromatic heterocycles. The Morgan fingerprint density at radius 3 is 2.68 bits per heavy atom. The maximum atomic E-state index is 13.0. The van der Waals surface area contributed by atoms with Crippen LogP contribution in [0.5, 0.6) is 5.75 Å². The highest BCUT2D eigenvalue weighted by molar-refractivity contribution is 5.96. The third kappa shape index (κ3) is 5.80. The minimum absolute atomic E-state index is 0. The molecule has 0 saturated carbocycles. The fraction of sp³-hybridized carbons (Fsp3) is 0.364. The van der Waals surface area contributed by atoms with Crippen molar-refractivity contribution in [2.45, 2.75) is 6.43 Å². The van der Waals surface area contributed by atoms with Gasteiger partial charge in [-0.05, 0) is 18.2 Å². The second-order valence-corrected chi connectivity index (χ2v) is 3.38. The lowest BCUT2D eigenvalue weighted by atomic mass is 10.2. The lowest BCUT2D eigenvalue weighted by Gasteiger charge is -2.11. The molecule has 1 amide bonds. The summed E-state index contributed by atoms with van der Waals surface area (Å²) >= 11 is 0. The molecule has 0 heterocycles. The summed E-state index contributed by atoms with van der Waals surface area (Å²) in [6.45, 7) is -0.443. The first-order chi connectivity index (χ1) is 8.54. The Balaban J connectivity index is 0.00000324. The predicted molar refractivity (Wildman–Crippen MR) is 66.5 cm³/mol. The Hall–Kier alpha value is -1.47. The lowest BCUT2D eigenvalue weighted by Crippen LogP contribution is -2.29. The minimum atomic E-state index is -2.67. The number of carbonyl (C=O) groups is 1. The Morgan fingerprint density at radius 1 is 1.42 bits per heavy atom. The zero-order valence-corrected chi connectivity index (χ0v) is 10.7. The number of hydrogen-bond acceptors (Lipinski definition) is 3. The molecule has 108 valence electrons. The van der Waals surface area contributed by atoms with Crippen LogP contribution in [0.1, 0.15) is 10.4 Å². The maximum Gasteiger partial charge on any atom is 0.255 e. The number of nitrogens with two attached hydrogens (primary N) is 1. The molecule has 0 unspecified atom stereocenters. The second-order valence-electron chi connectivity index (χ2n) is 3.38. The molecule has 0 saturated heterocycles. The number of hydrogen-bond donors (Lipinski definition) is 2. The molecule has 1 rings (SSSR count). The molecule has 3 N–H and O–H groups in total. The highest BCUT2D eigenvalue weighted by Gasteiger charge is 2.15. The summed E-state index contributed by atoms with van der Waals surface area (Å²) in [7, 11) is 0. The van der Waals surface area contributed by atoms with E-state index in [1.165, 1.54) is 6.07 Å². The van der Waals surface area contributed by atoms with Crippen molar-refractivity contribution >= 4 is 18.3 Å². The van der Waals surface area contributed by atoms with E-state index in [-0.39, 0.29) is 36.9 Å². The van der Waals surface area contributed by atoms with E-state index in [2.05, 4.69) is 0 Å². The van der Waals surface area contributed by atoms with E-state index in [9.17, 15) is 18.0 Å². The SMILES string of the molecule is Cl.NCCOc1ccc(F)cc1C(=O)NCC(F)F. The van der Waals surface area contributed by atoms with E-state index < -0.39 is 24.7 Å². The monoisotopic (exact) mass is 298 g/mol. The van der Waals surface area contributed by atoms with Gasteiger partial charge in [0.15, 0.2) is 0 Å². The van der Waals surface area contributed by atoms with Crippen molar-refractivity contribution in [3.63, 3.8) is 0 Å². The molecule has 8 heteroatoms. The van der Waals surface area contributed by atoms with Gasteiger partial charge in [0.1, 0.15) is 18.2 Å². The topological polar surface area (TPSA) is 64.3 Å². The maximum absolute atomic E-state index is 13.0. The lowest BCUT2D eigenvalue weighted by molar-refractivity contribution is 0.0887. The molecule has 1 aromatic rings. The van der Waals surface area contributed by atoms with Gasteiger partial charge in [0, 0.05) is 6.54 Å². The van der Waals surface area contributed by atoms with Gasteiger partial charge in [0.25, 0.3) is 12.3 Å². The molecule has 0 spiro atoms. The van der Waals surface area contributed by atoms with Gasteiger partial charge in [-0.1, -0.05) is 0 Å². The molecule has 0 aliphatic heterocycles. The molecule has 4 nitrogen and oxygen atoms in total. The number of halogens is 4. The van der Waals surface area contributed by atoms with Crippen LogP contribution in [0.3, 0.4) is 0 Å². The van der Waals surface area contributed by atoms with Gasteiger partial charge in [0.05, 0.1) is 12.1 Å². The summed E-state index contributed by atoms with van der Waals surface area (Å²) in [5.41, 5.74) is 5.10. The van der Waals surface area contributed by atoms with Crippen molar-refractivity contribution in [1.82, 2.24) is 5.32 Å². The van der Waals surface area contributed by atoms with E-state index in [4.69, 9.17) is 10.5 Å². The Kier molecular flexibility index (Phi) is 7.94. The normalized spacial score (nSPS) is 9.95. The van der Waals surface area contributed by atoms with Gasteiger partial charge in [-0.15, -0.1) is 12.4 Å². The van der Waals surface area contributed by atoms with Crippen LogP contribution in [0.2, 0.25) is 0 Å². The van der Waals surface area contributed by atoms with E-state index in [0.717, 1.165) is 12.1 Å². The van der Waals surface area contributed by atoms with Crippen LogP contribution in [0.15, 0.2) is 18.2 Å². The van der Waals surface area contributed by atoms with Crippen molar-refractivity contribution in [1.29, 1.82) is 0 Å². The van der Waals surface area contributed by atoms with Crippen LogP contribution >= 0.6 is 12.4 Å². The average molecular weight is 299 g/mol. The number of nitrogens with one attached hydrogen (secondary N) is 1. The van der Waals surface area contributed by atoms with Crippen LogP contribution in [0.4, 0.5) is 13.2 Å². The zero-order chi connectivity index (χ0) is 13.5. The first-order valence-electron chi connectivity index (χ1n) is 5.23. The number of rotatable bonds is 6. The highest BCUT2D eigenvalue weighted by Crippen LogP contribution is 2.19.